The van der Waals surface area contributed by atoms with Crippen LogP contribution in [0, 0.1) is 10.6 Å². The van der Waals surface area contributed by atoms with E-state index in [0.717, 1.165) is 6.26 Å². The zero-order valence-corrected chi connectivity index (χ0v) is 11.2. The van der Waals surface area contributed by atoms with Gasteiger partial charge in [0, 0.05) is 13.1 Å². The van der Waals surface area contributed by atoms with Gasteiger partial charge >= 0.3 is 0 Å². The monoisotopic (exact) mass is 289 g/mol. The molecule has 0 saturated carbocycles. The largest absolute Gasteiger partial charge is 0.328 e. The van der Waals surface area contributed by atoms with Crippen LogP contribution in [0.1, 0.15) is 0 Å². The highest BCUT2D eigenvalue weighted by Gasteiger charge is 2.08. The molecule has 98 valence electrons. The molecule has 2 aromatic rings. The molecule has 0 aliphatic heterocycles. The van der Waals surface area contributed by atoms with Gasteiger partial charge in [0.2, 0.25) is 10.0 Å². The molecule has 0 radical (unpaired) electrons. The van der Waals surface area contributed by atoms with Gasteiger partial charge in [-0.3, -0.25) is 0 Å². The molecule has 0 saturated heterocycles. The average molecular weight is 289 g/mol. The number of aromatic nitrogens is 2. The molecule has 0 atom stereocenters. The number of rotatable bonds is 4. The Hall–Kier alpha value is -1.25. The van der Waals surface area contributed by atoms with Crippen LogP contribution in [0.25, 0.3) is 11.0 Å². The highest BCUT2D eigenvalue weighted by Crippen LogP contribution is 2.16. The minimum Gasteiger partial charge on any atom is -0.328 e. The summed E-state index contributed by atoms with van der Waals surface area (Å²) in [7, 11) is -3.23. The van der Waals surface area contributed by atoms with Crippen LogP contribution in [0.15, 0.2) is 18.2 Å². The molecule has 0 aliphatic carbocycles. The molecule has 0 bridgehead atoms. The lowest BCUT2D eigenvalue weighted by atomic mass is 10.3. The van der Waals surface area contributed by atoms with E-state index < -0.39 is 10.0 Å². The number of hydrogen-bond donors (Lipinski definition) is 2. The van der Waals surface area contributed by atoms with Crippen molar-refractivity contribution in [3.05, 3.63) is 28.8 Å². The highest BCUT2D eigenvalue weighted by atomic mass is 32.2. The Morgan fingerprint density at radius 2 is 2.22 bits per heavy atom. The van der Waals surface area contributed by atoms with E-state index in [1.807, 2.05) is 0 Å². The summed E-state index contributed by atoms with van der Waals surface area (Å²) in [6, 6.07) is 4.65. The van der Waals surface area contributed by atoms with Crippen LogP contribution in [-0.2, 0) is 16.6 Å². The van der Waals surface area contributed by atoms with Gasteiger partial charge in [-0.25, -0.2) is 17.5 Å². The van der Waals surface area contributed by atoms with Gasteiger partial charge in [-0.05, 0) is 24.4 Å². The summed E-state index contributed by atoms with van der Waals surface area (Å²) in [5.41, 5.74) is 0.956. The maximum Gasteiger partial charge on any atom is 0.208 e. The molecule has 0 unspecified atom stereocenters. The van der Waals surface area contributed by atoms with Gasteiger partial charge < -0.3 is 9.55 Å². The van der Waals surface area contributed by atoms with E-state index in [0.29, 0.717) is 22.3 Å². The lowest BCUT2D eigenvalue weighted by Gasteiger charge is -2.05. The third kappa shape index (κ3) is 2.77. The molecule has 2 N–H and O–H groups in total. The summed E-state index contributed by atoms with van der Waals surface area (Å²) >= 11 is 5.08. The van der Waals surface area contributed by atoms with Crippen molar-refractivity contribution in [1.29, 1.82) is 0 Å². The summed E-state index contributed by atoms with van der Waals surface area (Å²) in [4.78, 5) is 2.77. The number of imidazole rings is 1. The summed E-state index contributed by atoms with van der Waals surface area (Å²) in [6.45, 7) is 0.548. The molecule has 8 heteroatoms. The summed E-state index contributed by atoms with van der Waals surface area (Å²) in [5.74, 6) is -0.381. The maximum atomic E-state index is 13.5. The number of halogens is 1. The zero-order chi connectivity index (χ0) is 13.3. The lowest BCUT2D eigenvalue weighted by Crippen LogP contribution is -2.26. The van der Waals surface area contributed by atoms with Crippen molar-refractivity contribution in [2.24, 2.45) is 0 Å². The fourth-order valence-corrected chi connectivity index (χ4v) is 2.46. The van der Waals surface area contributed by atoms with Gasteiger partial charge in [-0.2, -0.15) is 0 Å². The van der Waals surface area contributed by atoms with Crippen molar-refractivity contribution in [2.45, 2.75) is 6.54 Å². The smallest absolute Gasteiger partial charge is 0.208 e. The first kappa shape index (κ1) is 13.2. The van der Waals surface area contributed by atoms with Gasteiger partial charge in [-0.15, -0.1) is 0 Å². The molecule has 0 amide bonds. The van der Waals surface area contributed by atoms with Gasteiger partial charge in [0.05, 0.1) is 11.8 Å². The first-order chi connectivity index (χ1) is 8.38. The van der Waals surface area contributed by atoms with Crippen LogP contribution in [0.2, 0.25) is 0 Å². The first-order valence-corrected chi connectivity index (χ1v) is 7.50. The second-order valence-electron chi connectivity index (χ2n) is 3.88. The third-order valence-electron chi connectivity index (χ3n) is 2.46. The molecule has 0 spiro atoms. The van der Waals surface area contributed by atoms with Crippen LogP contribution in [-0.4, -0.2) is 30.8 Å². The van der Waals surface area contributed by atoms with E-state index >= 15 is 0 Å². The molecule has 1 aromatic heterocycles. The Labute approximate surface area is 109 Å². The molecule has 0 fully saturated rings. The van der Waals surface area contributed by atoms with Crippen molar-refractivity contribution in [3.8, 4) is 0 Å². The Kier molecular flexibility index (Phi) is 3.51. The second kappa shape index (κ2) is 4.79. The zero-order valence-electron chi connectivity index (χ0n) is 9.60. The van der Waals surface area contributed by atoms with Crippen molar-refractivity contribution in [2.75, 3.05) is 12.8 Å². The van der Waals surface area contributed by atoms with E-state index in [1.165, 1.54) is 6.07 Å². The van der Waals surface area contributed by atoms with Crippen molar-refractivity contribution < 1.29 is 12.8 Å². The van der Waals surface area contributed by atoms with Gasteiger partial charge in [-0.1, -0.05) is 6.07 Å². The number of nitrogens with zero attached hydrogens (tertiary/aromatic N) is 1. The Bertz CT molecular complexity index is 733. The molecule has 1 heterocycles. The minimum atomic E-state index is -3.23. The Morgan fingerprint density at radius 1 is 1.50 bits per heavy atom. The first-order valence-electron chi connectivity index (χ1n) is 5.20. The van der Waals surface area contributed by atoms with Crippen LogP contribution >= 0.6 is 12.2 Å². The van der Waals surface area contributed by atoms with Gasteiger partial charge in [0.1, 0.15) is 11.3 Å². The fourth-order valence-electron chi connectivity index (χ4n) is 1.71. The average Bonchev–Trinajstić information content (AvgIpc) is 2.56. The van der Waals surface area contributed by atoms with E-state index in [9.17, 15) is 12.8 Å². The van der Waals surface area contributed by atoms with Gasteiger partial charge in [0.15, 0.2) is 4.77 Å². The number of benzene rings is 1. The normalized spacial score (nSPS) is 12.1. The molecular weight excluding hydrogens is 277 g/mol. The van der Waals surface area contributed by atoms with E-state index in [-0.39, 0.29) is 12.4 Å². The second-order valence-corrected chi connectivity index (χ2v) is 6.10. The van der Waals surface area contributed by atoms with E-state index in [2.05, 4.69) is 9.71 Å². The number of aromatic amines is 1. The molecule has 2 rings (SSSR count). The number of H-pyrrole nitrogens is 1. The maximum absolute atomic E-state index is 13.5. The van der Waals surface area contributed by atoms with E-state index in [1.54, 1.807) is 16.7 Å². The Morgan fingerprint density at radius 3 is 2.89 bits per heavy atom. The number of sulfonamides is 1. The SMILES string of the molecule is CS(=O)(=O)NCCn1c(=S)[nH]c2c(F)cccc21. The minimum absolute atomic E-state index is 0.205. The van der Waals surface area contributed by atoms with Crippen LogP contribution in [0.4, 0.5) is 4.39 Å². The standard InChI is InChI=1S/C10H12FN3O2S2/c1-18(15,16)12-5-6-14-8-4-2-3-7(11)9(8)13-10(14)17/h2-4,12H,5-6H2,1H3,(H,13,17). The van der Waals surface area contributed by atoms with Crippen LogP contribution in [0.3, 0.4) is 0 Å². The molecule has 1 aromatic carbocycles. The molecule has 18 heavy (non-hydrogen) atoms. The number of para-hydroxylation sites is 1. The predicted octanol–water partition coefficient (Wildman–Crippen LogP) is 1.39. The van der Waals surface area contributed by atoms with Crippen LogP contribution in [0.5, 0.6) is 0 Å². The summed E-state index contributed by atoms with van der Waals surface area (Å²) in [5, 5.41) is 0. The number of fused-ring (bicyclic) bond motifs is 1. The van der Waals surface area contributed by atoms with Crippen molar-refractivity contribution in [3.63, 3.8) is 0 Å². The quantitative estimate of drug-likeness (QED) is 0.836. The Balaban J connectivity index is 2.31. The molecular formula is C10H12FN3O2S2. The van der Waals surface area contributed by atoms with Gasteiger partial charge in [0.25, 0.3) is 0 Å². The predicted molar refractivity (Wildman–Crippen MR) is 69.9 cm³/mol. The van der Waals surface area contributed by atoms with Crippen molar-refractivity contribution >= 4 is 33.3 Å². The molecule has 0 aliphatic rings. The molecule has 5 nitrogen and oxygen atoms in total. The third-order valence-corrected chi connectivity index (χ3v) is 3.51. The van der Waals surface area contributed by atoms with Crippen LogP contribution < -0.4 is 4.72 Å². The number of hydrogen-bond acceptors (Lipinski definition) is 3. The summed E-state index contributed by atoms with van der Waals surface area (Å²) < 4.78 is 39.8. The topological polar surface area (TPSA) is 66.9 Å². The highest BCUT2D eigenvalue weighted by molar-refractivity contribution is 7.88. The fraction of sp³-hybridized carbons (Fsp3) is 0.300. The van der Waals surface area contributed by atoms with Crippen molar-refractivity contribution in [1.82, 2.24) is 14.3 Å². The lowest BCUT2D eigenvalue weighted by molar-refractivity contribution is 0.579. The van der Waals surface area contributed by atoms with E-state index in [4.69, 9.17) is 12.2 Å². The number of nitrogens with one attached hydrogen (secondary N) is 2. The summed E-state index contributed by atoms with van der Waals surface area (Å²) in [6.07, 6.45) is 1.08.